The van der Waals surface area contributed by atoms with Crippen LogP contribution in [0.4, 0.5) is 4.39 Å². The number of nitrogens with zero attached hydrogens (tertiary/aromatic N) is 2. The Morgan fingerprint density at radius 2 is 2.11 bits per heavy atom. The largest absolute Gasteiger partial charge is 0.347 e. The second-order valence-electron chi connectivity index (χ2n) is 4.02. The second-order valence-corrected chi connectivity index (χ2v) is 4.02. The number of hydrogen-bond acceptors (Lipinski definition) is 3. The molecule has 5 heteroatoms. The van der Waals surface area contributed by atoms with E-state index in [1.165, 1.54) is 12.4 Å². The molecule has 2 aromatic rings. The maximum absolute atomic E-state index is 13.4. The number of carbonyl (C=O) groups is 1. The summed E-state index contributed by atoms with van der Waals surface area (Å²) in [6.45, 7) is 2.08. The van der Waals surface area contributed by atoms with E-state index in [0.29, 0.717) is 11.3 Å². The van der Waals surface area contributed by atoms with Crippen molar-refractivity contribution in [2.75, 3.05) is 0 Å². The molecule has 1 heterocycles. The molecule has 2 rings (SSSR count). The summed E-state index contributed by atoms with van der Waals surface area (Å²) in [6.07, 6.45) is 2.09. The van der Waals surface area contributed by atoms with Crippen LogP contribution in [0, 0.1) is 5.82 Å². The van der Waals surface area contributed by atoms with Gasteiger partial charge in [0.1, 0.15) is 17.8 Å². The number of aryl methyl sites for hydroxylation is 1. The molecule has 4 nitrogen and oxygen atoms in total. The number of nitrogens with one attached hydrogen (secondary N) is 1. The molecule has 0 aliphatic heterocycles. The van der Waals surface area contributed by atoms with Gasteiger partial charge in [0.05, 0.1) is 0 Å². The quantitative estimate of drug-likeness (QED) is 0.915. The zero-order valence-corrected chi connectivity index (χ0v) is 10.6. The van der Waals surface area contributed by atoms with Crippen molar-refractivity contribution in [1.29, 1.82) is 0 Å². The Kier molecular flexibility index (Phi) is 4.18. The first-order chi connectivity index (χ1) is 9.20. The van der Waals surface area contributed by atoms with Gasteiger partial charge in [-0.1, -0.05) is 25.1 Å². The highest BCUT2D eigenvalue weighted by atomic mass is 19.1. The number of halogens is 1. The van der Waals surface area contributed by atoms with E-state index in [-0.39, 0.29) is 18.3 Å². The van der Waals surface area contributed by atoms with E-state index in [4.69, 9.17) is 0 Å². The van der Waals surface area contributed by atoms with Crippen molar-refractivity contribution >= 4 is 5.91 Å². The van der Waals surface area contributed by atoms with Gasteiger partial charge in [0.25, 0.3) is 5.91 Å². The molecule has 0 aliphatic carbocycles. The normalized spacial score (nSPS) is 10.2. The lowest BCUT2D eigenvalue weighted by Gasteiger charge is -2.06. The standard InChI is InChI=1S/C14H14FN3O/c1-2-11-7-13(18-9-17-11)14(19)16-8-10-5-3-4-6-12(10)15/h3-7,9H,2,8H2,1H3,(H,16,19). The van der Waals surface area contributed by atoms with Crippen molar-refractivity contribution in [2.24, 2.45) is 0 Å². The van der Waals surface area contributed by atoms with Gasteiger partial charge in [0.15, 0.2) is 0 Å². The summed E-state index contributed by atoms with van der Waals surface area (Å²) in [5.41, 5.74) is 1.54. The van der Waals surface area contributed by atoms with Gasteiger partial charge in [-0.15, -0.1) is 0 Å². The summed E-state index contributed by atoms with van der Waals surface area (Å²) in [7, 11) is 0. The minimum absolute atomic E-state index is 0.136. The van der Waals surface area contributed by atoms with Gasteiger partial charge in [-0.2, -0.15) is 0 Å². The fourth-order valence-corrected chi connectivity index (χ4v) is 1.62. The molecule has 0 radical (unpaired) electrons. The molecule has 0 saturated carbocycles. The van der Waals surface area contributed by atoms with Gasteiger partial charge < -0.3 is 5.32 Å². The lowest BCUT2D eigenvalue weighted by atomic mass is 10.2. The molecule has 0 bridgehead atoms. The van der Waals surface area contributed by atoms with Crippen molar-refractivity contribution in [3.05, 3.63) is 59.4 Å². The molecule has 0 fully saturated rings. The van der Waals surface area contributed by atoms with Crippen molar-refractivity contribution in [2.45, 2.75) is 19.9 Å². The lowest BCUT2D eigenvalue weighted by Crippen LogP contribution is -2.24. The highest BCUT2D eigenvalue weighted by Gasteiger charge is 2.09. The van der Waals surface area contributed by atoms with Crippen molar-refractivity contribution in [1.82, 2.24) is 15.3 Å². The van der Waals surface area contributed by atoms with Gasteiger partial charge in [-0.25, -0.2) is 14.4 Å². The summed E-state index contributed by atoms with van der Waals surface area (Å²) in [6, 6.07) is 7.97. The molecule has 98 valence electrons. The summed E-state index contributed by atoms with van der Waals surface area (Å²) in [5, 5.41) is 2.64. The van der Waals surface area contributed by atoms with E-state index in [1.807, 2.05) is 6.92 Å². The molecular weight excluding hydrogens is 245 g/mol. The third-order valence-corrected chi connectivity index (χ3v) is 2.72. The van der Waals surface area contributed by atoms with E-state index in [0.717, 1.165) is 12.1 Å². The van der Waals surface area contributed by atoms with Crippen molar-refractivity contribution in [3.63, 3.8) is 0 Å². The van der Waals surface area contributed by atoms with Crippen LogP contribution in [-0.4, -0.2) is 15.9 Å². The molecule has 0 atom stereocenters. The predicted molar refractivity (Wildman–Crippen MR) is 69.0 cm³/mol. The Hall–Kier alpha value is -2.30. The molecule has 1 N–H and O–H groups in total. The first-order valence-electron chi connectivity index (χ1n) is 6.03. The number of rotatable bonds is 4. The summed E-state index contributed by atoms with van der Waals surface area (Å²) < 4.78 is 13.4. The Balaban J connectivity index is 2.03. The molecule has 0 unspecified atom stereocenters. The van der Waals surface area contributed by atoms with E-state index in [2.05, 4.69) is 15.3 Å². The molecule has 0 spiro atoms. The van der Waals surface area contributed by atoms with Crippen molar-refractivity contribution in [3.8, 4) is 0 Å². The van der Waals surface area contributed by atoms with Crippen LogP contribution in [0.25, 0.3) is 0 Å². The zero-order chi connectivity index (χ0) is 13.7. The first kappa shape index (κ1) is 13.1. The molecule has 0 aliphatic rings. The lowest BCUT2D eigenvalue weighted by molar-refractivity contribution is 0.0945. The minimum Gasteiger partial charge on any atom is -0.347 e. The Labute approximate surface area is 110 Å². The van der Waals surface area contributed by atoms with E-state index < -0.39 is 0 Å². The van der Waals surface area contributed by atoms with E-state index >= 15 is 0 Å². The van der Waals surface area contributed by atoms with Crippen molar-refractivity contribution < 1.29 is 9.18 Å². The topological polar surface area (TPSA) is 54.9 Å². The minimum atomic E-state index is -0.334. The maximum atomic E-state index is 13.4. The van der Waals surface area contributed by atoms with Crippen LogP contribution >= 0.6 is 0 Å². The SMILES string of the molecule is CCc1cc(C(=O)NCc2ccccc2F)ncn1. The highest BCUT2D eigenvalue weighted by Crippen LogP contribution is 2.06. The smallest absolute Gasteiger partial charge is 0.270 e. The van der Waals surface area contributed by atoms with Gasteiger partial charge in [-0.3, -0.25) is 4.79 Å². The summed E-state index contributed by atoms with van der Waals surface area (Å²) in [4.78, 5) is 19.8. The maximum Gasteiger partial charge on any atom is 0.270 e. The van der Waals surface area contributed by atoms with Crippen LogP contribution in [0.2, 0.25) is 0 Å². The van der Waals surface area contributed by atoms with E-state index in [1.54, 1.807) is 24.3 Å². The number of benzene rings is 1. The van der Waals surface area contributed by atoms with Gasteiger partial charge in [0, 0.05) is 17.8 Å². The molecule has 1 aromatic heterocycles. The summed E-state index contributed by atoms with van der Waals surface area (Å²) in [5.74, 6) is -0.667. The zero-order valence-electron chi connectivity index (χ0n) is 10.6. The number of hydrogen-bond donors (Lipinski definition) is 1. The Bertz CT molecular complexity index is 586. The molecule has 1 aromatic carbocycles. The molecule has 0 saturated heterocycles. The van der Waals surface area contributed by atoms with Crippen LogP contribution in [0.15, 0.2) is 36.7 Å². The van der Waals surface area contributed by atoms with E-state index in [9.17, 15) is 9.18 Å². The molecule has 19 heavy (non-hydrogen) atoms. The van der Waals surface area contributed by atoms with Crippen LogP contribution in [0.5, 0.6) is 0 Å². The average molecular weight is 259 g/mol. The van der Waals surface area contributed by atoms with Crippen LogP contribution in [0.3, 0.4) is 0 Å². The van der Waals surface area contributed by atoms with Gasteiger partial charge >= 0.3 is 0 Å². The third-order valence-electron chi connectivity index (χ3n) is 2.72. The van der Waals surface area contributed by atoms with Crippen LogP contribution in [-0.2, 0) is 13.0 Å². The molecule has 1 amide bonds. The average Bonchev–Trinajstić information content (AvgIpc) is 2.46. The fraction of sp³-hybridized carbons (Fsp3) is 0.214. The predicted octanol–water partition coefficient (Wildman–Crippen LogP) is 2.11. The number of aromatic nitrogens is 2. The Morgan fingerprint density at radius 1 is 1.32 bits per heavy atom. The van der Waals surface area contributed by atoms with Crippen LogP contribution in [0.1, 0.15) is 28.7 Å². The fourth-order valence-electron chi connectivity index (χ4n) is 1.62. The highest BCUT2D eigenvalue weighted by molar-refractivity contribution is 5.92. The van der Waals surface area contributed by atoms with Crippen LogP contribution < -0.4 is 5.32 Å². The Morgan fingerprint density at radius 3 is 2.84 bits per heavy atom. The molecular formula is C14H14FN3O. The second kappa shape index (κ2) is 6.04. The third kappa shape index (κ3) is 3.34. The van der Waals surface area contributed by atoms with Gasteiger partial charge in [-0.05, 0) is 18.6 Å². The van der Waals surface area contributed by atoms with Gasteiger partial charge in [0.2, 0.25) is 0 Å². The monoisotopic (exact) mass is 259 g/mol. The summed E-state index contributed by atoms with van der Waals surface area (Å²) >= 11 is 0. The number of carbonyl (C=O) groups excluding carboxylic acids is 1. The number of amides is 1. The first-order valence-corrected chi connectivity index (χ1v) is 6.03.